The van der Waals surface area contributed by atoms with E-state index in [-0.39, 0.29) is 31.1 Å². The Morgan fingerprint density at radius 3 is 1.06 bits per heavy atom. The summed E-state index contributed by atoms with van der Waals surface area (Å²) in [5.41, 5.74) is 0. The van der Waals surface area contributed by atoms with E-state index in [1.165, 1.54) is 128 Å². The molecule has 6 nitrogen and oxygen atoms in total. The van der Waals surface area contributed by atoms with Gasteiger partial charge in [0.25, 0.3) is 0 Å². The number of ether oxygens (including phenoxy) is 3. The van der Waals surface area contributed by atoms with Crippen LogP contribution in [0.15, 0.2) is 24.3 Å². The fourth-order valence-electron chi connectivity index (χ4n) is 6.65. The van der Waals surface area contributed by atoms with E-state index in [1.54, 1.807) is 0 Å². The lowest BCUT2D eigenvalue weighted by molar-refractivity contribution is -0.167. The minimum atomic E-state index is -0.768. The highest BCUT2D eigenvalue weighted by molar-refractivity contribution is 5.71. The maximum Gasteiger partial charge on any atom is 0.306 e. The number of rotatable bonds is 42. The van der Waals surface area contributed by atoms with Crippen LogP contribution in [0.25, 0.3) is 0 Å². The van der Waals surface area contributed by atoms with E-state index in [9.17, 15) is 14.4 Å². The molecule has 0 spiro atoms. The minimum Gasteiger partial charge on any atom is -0.462 e. The van der Waals surface area contributed by atoms with E-state index >= 15 is 0 Å². The van der Waals surface area contributed by atoms with Gasteiger partial charge in [-0.25, -0.2) is 0 Å². The third-order valence-corrected chi connectivity index (χ3v) is 10.2. The van der Waals surface area contributed by atoms with Crippen molar-refractivity contribution in [2.75, 3.05) is 13.2 Å². The van der Waals surface area contributed by atoms with Gasteiger partial charge in [0.05, 0.1) is 0 Å². The Balaban J connectivity index is 4.26. The zero-order valence-electron chi connectivity index (χ0n) is 36.0. The van der Waals surface area contributed by atoms with Gasteiger partial charge in [-0.2, -0.15) is 0 Å². The first kappa shape index (κ1) is 51.9. The molecule has 0 heterocycles. The highest BCUT2D eigenvalue weighted by Crippen LogP contribution is 2.15. The van der Waals surface area contributed by atoms with Gasteiger partial charge < -0.3 is 14.2 Å². The van der Waals surface area contributed by atoms with Crippen LogP contribution in [-0.4, -0.2) is 37.2 Å². The number of esters is 3. The summed E-state index contributed by atoms with van der Waals surface area (Å²) in [6.45, 7) is 6.55. The van der Waals surface area contributed by atoms with E-state index in [4.69, 9.17) is 14.2 Å². The summed E-state index contributed by atoms with van der Waals surface area (Å²) in [7, 11) is 0. The van der Waals surface area contributed by atoms with Crippen molar-refractivity contribution in [1.29, 1.82) is 0 Å². The standard InChI is InChI=1S/C48H88O6/c1-4-7-10-13-16-18-20-22-24-26-28-30-32-35-38-41-47(50)53-44-45(43-52-46(49)40-37-34-15-12-9-6-3)54-48(51)42-39-36-33-31-29-27-25-23-21-19-17-14-11-8-5-2/h16,18,22,24,45H,4-15,17,19-21,23,25-44H2,1-3H3/b18-16-,24-22-. The van der Waals surface area contributed by atoms with E-state index in [0.717, 1.165) is 77.0 Å². The molecule has 0 bridgehead atoms. The molecule has 316 valence electrons. The average Bonchev–Trinajstić information content (AvgIpc) is 3.17. The van der Waals surface area contributed by atoms with Crippen LogP contribution >= 0.6 is 0 Å². The molecule has 0 aliphatic heterocycles. The lowest BCUT2D eigenvalue weighted by Gasteiger charge is -2.18. The first-order valence-corrected chi connectivity index (χ1v) is 23.3. The molecule has 1 atom stereocenters. The molecule has 0 saturated heterocycles. The molecule has 1 unspecified atom stereocenters. The minimum absolute atomic E-state index is 0.0732. The molecule has 0 aromatic heterocycles. The normalized spacial score (nSPS) is 12.1. The molecular formula is C48H88O6. The predicted molar refractivity (Wildman–Crippen MR) is 229 cm³/mol. The quantitative estimate of drug-likeness (QED) is 0.0267. The second kappa shape index (κ2) is 43.6. The third-order valence-electron chi connectivity index (χ3n) is 10.2. The van der Waals surface area contributed by atoms with Gasteiger partial charge in [0.15, 0.2) is 6.10 Å². The highest BCUT2D eigenvalue weighted by Gasteiger charge is 2.19. The van der Waals surface area contributed by atoms with E-state index in [0.29, 0.717) is 19.3 Å². The molecule has 0 radical (unpaired) electrons. The summed E-state index contributed by atoms with van der Waals surface area (Å²) in [5, 5.41) is 0. The Kier molecular flexibility index (Phi) is 41.9. The predicted octanol–water partition coefficient (Wildman–Crippen LogP) is 14.8. The van der Waals surface area contributed by atoms with Crippen molar-refractivity contribution >= 4 is 17.9 Å². The molecule has 6 heteroatoms. The summed E-state index contributed by atoms with van der Waals surface area (Å²) in [6, 6.07) is 0. The smallest absolute Gasteiger partial charge is 0.306 e. The van der Waals surface area contributed by atoms with Crippen molar-refractivity contribution in [2.24, 2.45) is 0 Å². The fraction of sp³-hybridized carbons (Fsp3) is 0.854. The van der Waals surface area contributed by atoms with Gasteiger partial charge >= 0.3 is 17.9 Å². The molecule has 0 amide bonds. The average molecular weight is 761 g/mol. The van der Waals surface area contributed by atoms with Gasteiger partial charge in [-0.05, 0) is 51.4 Å². The van der Waals surface area contributed by atoms with Crippen molar-refractivity contribution in [3.63, 3.8) is 0 Å². The number of hydrogen-bond acceptors (Lipinski definition) is 6. The van der Waals surface area contributed by atoms with E-state index < -0.39 is 6.10 Å². The van der Waals surface area contributed by atoms with Crippen molar-refractivity contribution < 1.29 is 28.6 Å². The molecule has 0 aromatic carbocycles. The molecule has 0 fully saturated rings. The Labute approximate surface area is 334 Å². The Bertz CT molecular complexity index is 880. The molecule has 0 rings (SSSR count). The number of carbonyl (C=O) groups excluding carboxylic acids is 3. The van der Waals surface area contributed by atoms with Gasteiger partial charge in [0.1, 0.15) is 13.2 Å². The second-order valence-corrected chi connectivity index (χ2v) is 15.7. The number of hydrogen-bond donors (Lipinski definition) is 0. The number of allylic oxidation sites excluding steroid dienone is 4. The summed E-state index contributed by atoms with van der Waals surface area (Å²) in [5.74, 6) is -0.889. The SMILES string of the molecule is CCCCC/C=C\C/C=C\CCCCCCCC(=O)OCC(COC(=O)CCCCCCCC)OC(=O)CCCCCCCCCCCCCCCCC. The van der Waals surface area contributed by atoms with Gasteiger partial charge in [0, 0.05) is 19.3 Å². The summed E-state index contributed by atoms with van der Waals surface area (Å²) >= 11 is 0. The van der Waals surface area contributed by atoms with Crippen LogP contribution in [0, 0.1) is 0 Å². The summed E-state index contributed by atoms with van der Waals surface area (Å²) < 4.78 is 16.6. The number of unbranched alkanes of at least 4 members (excludes halogenated alkanes) is 27. The fourth-order valence-corrected chi connectivity index (χ4v) is 6.65. The molecule has 54 heavy (non-hydrogen) atoms. The lowest BCUT2D eigenvalue weighted by atomic mass is 10.0. The summed E-state index contributed by atoms with van der Waals surface area (Å²) in [4.78, 5) is 37.6. The van der Waals surface area contributed by atoms with Gasteiger partial charge in [-0.15, -0.1) is 0 Å². The molecule has 0 saturated carbocycles. The van der Waals surface area contributed by atoms with Gasteiger partial charge in [-0.1, -0.05) is 199 Å². The molecule has 0 aliphatic carbocycles. The van der Waals surface area contributed by atoms with Crippen molar-refractivity contribution in [3.05, 3.63) is 24.3 Å². The maximum atomic E-state index is 12.7. The van der Waals surface area contributed by atoms with Crippen LogP contribution in [0.2, 0.25) is 0 Å². The van der Waals surface area contributed by atoms with Crippen LogP contribution in [0.1, 0.15) is 245 Å². The molecular weight excluding hydrogens is 673 g/mol. The van der Waals surface area contributed by atoms with Crippen molar-refractivity contribution in [3.8, 4) is 0 Å². The lowest BCUT2D eigenvalue weighted by Crippen LogP contribution is -2.30. The summed E-state index contributed by atoms with van der Waals surface area (Å²) in [6.07, 6.45) is 47.5. The third kappa shape index (κ3) is 41.1. The zero-order valence-corrected chi connectivity index (χ0v) is 36.0. The monoisotopic (exact) mass is 761 g/mol. The molecule has 0 N–H and O–H groups in total. The Morgan fingerprint density at radius 1 is 0.370 bits per heavy atom. The first-order chi connectivity index (χ1) is 26.5. The van der Waals surface area contributed by atoms with Gasteiger partial charge in [0.2, 0.25) is 0 Å². The maximum absolute atomic E-state index is 12.7. The van der Waals surface area contributed by atoms with Crippen LogP contribution in [0.3, 0.4) is 0 Å². The molecule has 0 aliphatic rings. The molecule has 0 aromatic rings. The highest BCUT2D eigenvalue weighted by atomic mass is 16.6. The van der Waals surface area contributed by atoms with Crippen LogP contribution in [-0.2, 0) is 28.6 Å². The van der Waals surface area contributed by atoms with Crippen LogP contribution in [0.4, 0.5) is 0 Å². The Morgan fingerprint density at radius 2 is 0.667 bits per heavy atom. The van der Waals surface area contributed by atoms with Crippen LogP contribution < -0.4 is 0 Å². The topological polar surface area (TPSA) is 78.9 Å². The van der Waals surface area contributed by atoms with Crippen molar-refractivity contribution in [1.82, 2.24) is 0 Å². The second-order valence-electron chi connectivity index (χ2n) is 15.7. The van der Waals surface area contributed by atoms with Crippen molar-refractivity contribution in [2.45, 2.75) is 252 Å². The number of carbonyl (C=O) groups is 3. The zero-order chi connectivity index (χ0) is 39.4. The first-order valence-electron chi connectivity index (χ1n) is 23.3. The van der Waals surface area contributed by atoms with E-state index in [1.807, 2.05) is 0 Å². The van der Waals surface area contributed by atoms with Crippen LogP contribution in [0.5, 0.6) is 0 Å². The van der Waals surface area contributed by atoms with E-state index in [2.05, 4.69) is 45.1 Å². The van der Waals surface area contributed by atoms with Gasteiger partial charge in [-0.3, -0.25) is 14.4 Å². The Hall–Kier alpha value is -2.11. The largest absolute Gasteiger partial charge is 0.462 e.